The highest BCUT2D eigenvalue weighted by Gasteiger charge is 2.22. The zero-order valence-electron chi connectivity index (χ0n) is 9.43. The van der Waals surface area contributed by atoms with Crippen molar-refractivity contribution in [3.05, 3.63) is 17.3 Å². The van der Waals surface area contributed by atoms with Crippen LogP contribution in [-0.4, -0.2) is 29.3 Å². The Balaban J connectivity index is 2.01. The van der Waals surface area contributed by atoms with Gasteiger partial charge in [-0.2, -0.15) is 0 Å². The molecule has 88 valence electrons. The summed E-state index contributed by atoms with van der Waals surface area (Å²) in [4.78, 5) is 2.18. The molecule has 5 heteroatoms. The molecule has 1 saturated carbocycles. The van der Waals surface area contributed by atoms with Gasteiger partial charge in [0.2, 0.25) is 0 Å². The fourth-order valence-electron chi connectivity index (χ4n) is 2.17. The second-order valence-corrected chi connectivity index (χ2v) is 4.78. The highest BCUT2D eigenvalue weighted by atomic mass is 35.5. The van der Waals surface area contributed by atoms with Gasteiger partial charge >= 0.3 is 0 Å². The molecule has 4 nitrogen and oxygen atoms in total. The molecule has 1 aromatic rings. The average molecular weight is 241 g/mol. The monoisotopic (exact) mass is 240 g/mol. The summed E-state index contributed by atoms with van der Waals surface area (Å²) in [6.45, 7) is 0. The zero-order valence-corrected chi connectivity index (χ0v) is 10.2. The van der Waals surface area contributed by atoms with Crippen molar-refractivity contribution in [2.75, 3.05) is 11.9 Å². The maximum absolute atomic E-state index is 5.89. The van der Waals surface area contributed by atoms with Crippen LogP contribution in [0.25, 0.3) is 0 Å². The lowest BCUT2D eigenvalue weighted by atomic mass is 9.91. The first-order chi connectivity index (χ1) is 7.66. The van der Waals surface area contributed by atoms with Gasteiger partial charge in [0.1, 0.15) is 0 Å². The first-order valence-electron chi connectivity index (χ1n) is 5.64. The summed E-state index contributed by atoms with van der Waals surface area (Å²) in [7, 11) is 2.05. The molecular formula is C11H17ClN4. The average Bonchev–Trinajstić information content (AvgIpc) is 2.30. The normalized spacial score (nSPS) is 25.4. The highest BCUT2D eigenvalue weighted by Crippen LogP contribution is 2.24. The van der Waals surface area contributed by atoms with E-state index < -0.39 is 0 Å². The first kappa shape index (κ1) is 11.6. The van der Waals surface area contributed by atoms with Crippen molar-refractivity contribution in [1.82, 2.24) is 10.2 Å². The van der Waals surface area contributed by atoms with Crippen molar-refractivity contribution in [2.24, 2.45) is 5.73 Å². The third kappa shape index (κ3) is 2.62. The highest BCUT2D eigenvalue weighted by molar-refractivity contribution is 6.29. The molecule has 1 aliphatic carbocycles. The van der Waals surface area contributed by atoms with Gasteiger partial charge in [-0.3, -0.25) is 0 Å². The molecular weight excluding hydrogens is 224 g/mol. The largest absolute Gasteiger partial charge is 0.355 e. The van der Waals surface area contributed by atoms with E-state index in [2.05, 4.69) is 22.1 Å². The molecule has 1 fully saturated rings. The molecule has 0 atom stereocenters. The Bertz CT molecular complexity index is 332. The summed E-state index contributed by atoms with van der Waals surface area (Å²) in [6.07, 6.45) is 4.44. The van der Waals surface area contributed by atoms with Crippen LogP contribution >= 0.6 is 11.6 Å². The zero-order chi connectivity index (χ0) is 11.5. The number of hydrogen-bond donors (Lipinski definition) is 1. The van der Waals surface area contributed by atoms with E-state index in [1.165, 1.54) is 0 Å². The lowest BCUT2D eigenvalue weighted by molar-refractivity contribution is 0.383. The SMILES string of the molecule is CN(c1ccc(Cl)nn1)C1CCC(N)CC1. The van der Waals surface area contributed by atoms with Crippen LogP contribution in [0.2, 0.25) is 5.15 Å². The molecule has 2 N–H and O–H groups in total. The summed E-state index contributed by atoms with van der Waals surface area (Å²) >= 11 is 5.71. The molecule has 1 aromatic heterocycles. The van der Waals surface area contributed by atoms with Gasteiger partial charge in [-0.05, 0) is 37.8 Å². The van der Waals surface area contributed by atoms with Gasteiger partial charge in [0.25, 0.3) is 0 Å². The number of anilines is 1. The van der Waals surface area contributed by atoms with Crippen molar-refractivity contribution >= 4 is 17.4 Å². The summed E-state index contributed by atoms with van der Waals surface area (Å²) in [5, 5.41) is 8.38. The Kier molecular flexibility index (Phi) is 3.61. The Morgan fingerprint density at radius 2 is 1.94 bits per heavy atom. The molecule has 16 heavy (non-hydrogen) atoms. The predicted molar refractivity (Wildman–Crippen MR) is 65.7 cm³/mol. The van der Waals surface area contributed by atoms with Gasteiger partial charge in [-0.15, -0.1) is 10.2 Å². The van der Waals surface area contributed by atoms with Gasteiger partial charge < -0.3 is 10.6 Å². The number of nitrogens with zero attached hydrogens (tertiary/aromatic N) is 3. The van der Waals surface area contributed by atoms with E-state index in [-0.39, 0.29) is 0 Å². The summed E-state index contributed by atoms with van der Waals surface area (Å²) < 4.78 is 0. The van der Waals surface area contributed by atoms with Crippen LogP contribution in [0, 0.1) is 0 Å². The standard InChI is InChI=1S/C11H17ClN4/c1-16(9-4-2-8(13)3-5-9)11-7-6-10(12)14-15-11/h6-9H,2-5,13H2,1H3. The van der Waals surface area contributed by atoms with Crippen molar-refractivity contribution in [3.63, 3.8) is 0 Å². The van der Waals surface area contributed by atoms with Crippen LogP contribution in [0.5, 0.6) is 0 Å². The lowest BCUT2D eigenvalue weighted by Gasteiger charge is -2.33. The third-order valence-electron chi connectivity index (χ3n) is 3.27. The molecule has 0 saturated heterocycles. The van der Waals surface area contributed by atoms with Crippen LogP contribution in [0.4, 0.5) is 5.82 Å². The molecule has 0 spiro atoms. The Morgan fingerprint density at radius 3 is 2.50 bits per heavy atom. The van der Waals surface area contributed by atoms with Crippen LogP contribution in [-0.2, 0) is 0 Å². The smallest absolute Gasteiger partial charge is 0.151 e. The summed E-state index contributed by atoms with van der Waals surface area (Å²) in [5.41, 5.74) is 5.89. The van der Waals surface area contributed by atoms with E-state index in [0.717, 1.165) is 31.5 Å². The minimum Gasteiger partial charge on any atom is -0.355 e. The van der Waals surface area contributed by atoms with E-state index in [1.807, 2.05) is 6.07 Å². The fourth-order valence-corrected chi connectivity index (χ4v) is 2.27. The fraction of sp³-hybridized carbons (Fsp3) is 0.636. The molecule has 0 unspecified atom stereocenters. The topological polar surface area (TPSA) is 55.0 Å². The Labute approximate surface area is 101 Å². The molecule has 0 radical (unpaired) electrons. The minimum absolute atomic E-state index is 0.376. The van der Waals surface area contributed by atoms with Gasteiger partial charge in [0.05, 0.1) is 0 Å². The van der Waals surface area contributed by atoms with Crippen molar-refractivity contribution in [3.8, 4) is 0 Å². The molecule has 2 rings (SSSR count). The van der Waals surface area contributed by atoms with E-state index >= 15 is 0 Å². The number of rotatable bonds is 2. The van der Waals surface area contributed by atoms with E-state index in [0.29, 0.717) is 17.2 Å². The number of nitrogens with two attached hydrogens (primary N) is 1. The number of halogens is 1. The minimum atomic E-state index is 0.376. The van der Waals surface area contributed by atoms with Gasteiger partial charge in [0, 0.05) is 19.1 Å². The summed E-state index contributed by atoms with van der Waals surface area (Å²) in [6, 6.07) is 4.58. The first-order valence-corrected chi connectivity index (χ1v) is 6.02. The maximum Gasteiger partial charge on any atom is 0.151 e. The number of aromatic nitrogens is 2. The van der Waals surface area contributed by atoms with Crippen molar-refractivity contribution < 1.29 is 0 Å². The Morgan fingerprint density at radius 1 is 1.25 bits per heavy atom. The second kappa shape index (κ2) is 4.97. The molecule has 0 aliphatic heterocycles. The maximum atomic E-state index is 5.89. The van der Waals surface area contributed by atoms with Gasteiger partial charge in [0.15, 0.2) is 11.0 Å². The quantitative estimate of drug-likeness (QED) is 0.857. The van der Waals surface area contributed by atoms with Crippen molar-refractivity contribution in [1.29, 1.82) is 0 Å². The van der Waals surface area contributed by atoms with E-state index in [9.17, 15) is 0 Å². The second-order valence-electron chi connectivity index (χ2n) is 4.39. The predicted octanol–water partition coefficient (Wildman–Crippen LogP) is 1.84. The molecule has 1 aliphatic rings. The molecule has 0 bridgehead atoms. The molecule has 1 heterocycles. The van der Waals surface area contributed by atoms with E-state index in [4.69, 9.17) is 17.3 Å². The van der Waals surface area contributed by atoms with Gasteiger partial charge in [-0.25, -0.2) is 0 Å². The third-order valence-corrected chi connectivity index (χ3v) is 3.47. The summed E-state index contributed by atoms with van der Waals surface area (Å²) in [5.74, 6) is 0.880. The number of hydrogen-bond acceptors (Lipinski definition) is 4. The molecule has 0 amide bonds. The van der Waals surface area contributed by atoms with Gasteiger partial charge in [-0.1, -0.05) is 11.6 Å². The lowest BCUT2D eigenvalue weighted by Crippen LogP contribution is -2.39. The van der Waals surface area contributed by atoms with Crippen molar-refractivity contribution in [2.45, 2.75) is 37.8 Å². The Hall–Kier alpha value is -0.870. The van der Waals surface area contributed by atoms with Crippen LogP contribution < -0.4 is 10.6 Å². The van der Waals surface area contributed by atoms with Crippen LogP contribution in [0.3, 0.4) is 0 Å². The van der Waals surface area contributed by atoms with Crippen LogP contribution in [0.1, 0.15) is 25.7 Å². The van der Waals surface area contributed by atoms with E-state index in [1.54, 1.807) is 6.07 Å². The molecule has 0 aromatic carbocycles. The van der Waals surface area contributed by atoms with Crippen LogP contribution in [0.15, 0.2) is 12.1 Å².